The smallest absolute Gasteiger partial charge is 0.244 e. The fraction of sp³-hybridized carbons (Fsp3) is 0.833. The zero-order valence-electron chi connectivity index (χ0n) is 10.3. The van der Waals surface area contributed by atoms with Gasteiger partial charge in [-0.05, 0) is 32.6 Å². The highest BCUT2D eigenvalue weighted by atomic mass is 16.2. The molecule has 0 aromatic carbocycles. The molecule has 16 heavy (non-hydrogen) atoms. The van der Waals surface area contributed by atoms with Crippen molar-refractivity contribution in [3.05, 3.63) is 0 Å². The first kappa shape index (κ1) is 13.0. The van der Waals surface area contributed by atoms with Crippen molar-refractivity contribution >= 4 is 11.8 Å². The van der Waals surface area contributed by atoms with E-state index in [2.05, 4.69) is 5.32 Å². The van der Waals surface area contributed by atoms with Crippen molar-refractivity contribution in [1.29, 1.82) is 0 Å². The van der Waals surface area contributed by atoms with Crippen LogP contribution in [0.15, 0.2) is 0 Å². The van der Waals surface area contributed by atoms with Gasteiger partial charge >= 0.3 is 0 Å². The second-order valence-electron chi connectivity index (χ2n) is 4.43. The van der Waals surface area contributed by atoms with Crippen molar-refractivity contribution in [3.8, 4) is 0 Å². The lowest BCUT2D eigenvalue weighted by atomic mass is 10.1. The lowest BCUT2D eigenvalue weighted by molar-refractivity contribution is -0.136. The standard InChI is InChI=1S/C12H22N2O2/c1-3-7-11(15)13-10(2)12(16)14-8-5-4-6-9-14/h10H,3-9H2,1-2H3,(H,13,15)/t10-/m0/s1. The third-order valence-electron chi connectivity index (χ3n) is 2.89. The highest BCUT2D eigenvalue weighted by Crippen LogP contribution is 2.09. The minimum absolute atomic E-state index is 0.0274. The van der Waals surface area contributed by atoms with Crippen molar-refractivity contribution in [2.24, 2.45) is 0 Å². The Bertz CT molecular complexity index is 247. The van der Waals surface area contributed by atoms with E-state index in [0.29, 0.717) is 6.42 Å². The van der Waals surface area contributed by atoms with E-state index in [0.717, 1.165) is 32.4 Å². The number of hydrogen-bond donors (Lipinski definition) is 1. The first-order valence-electron chi connectivity index (χ1n) is 6.23. The van der Waals surface area contributed by atoms with Crippen molar-refractivity contribution in [1.82, 2.24) is 10.2 Å². The molecule has 0 bridgehead atoms. The van der Waals surface area contributed by atoms with Crippen LogP contribution < -0.4 is 5.32 Å². The molecule has 1 aliphatic rings. The minimum atomic E-state index is -0.378. The first-order valence-corrected chi connectivity index (χ1v) is 6.23. The summed E-state index contributed by atoms with van der Waals surface area (Å²) < 4.78 is 0. The third kappa shape index (κ3) is 3.83. The Balaban J connectivity index is 2.37. The van der Waals surface area contributed by atoms with Crippen LogP contribution in [0.3, 0.4) is 0 Å². The Labute approximate surface area is 97.4 Å². The Kier molecular flexibility index (Phi) is 5.29. The van der Waals surface area contributed by atoms with Gasteiger partial charge in [0.25, 0.3) is 0 Å². The average molecular weight is 226 g/mol. The summed E-state index contributed by atoms with van der Waals surface area (Å²) in [6.07, 6.45) is 4.69. The van der Waals surface area contributed by atoms with Crippen molar-refractivity contribution in [2.75, 3.05) is 13.1 Å². The second-order valence-corrected chi connectivity index (χ2v) is 4.43. The van der Waals surface area contributed by atoms with E-state index in [1.807, 2.05) is 11.8 Å². The second kappa shape index (κ2) is 6.51. The fourth-order valence-corrected chi connectivity index (χ4v) is 1.99. The van der Waals surface area contributed by atoms with Gasteiger partial charge in [0.05, 0.1) is 0 Å². The molecule has 0 spiro atoms. The van der Waals surface area contributed by atoms with Crippen LogP contribution in [0.1, 0.15) is 46.0 Å². The maximum absolute atomic E-state index is 11.9. The quantitative estimate of drug-likeness (QED) is 0.785. The van der Waals surface area contributed by atoms with Gasteiger partial charge in [-0.25, -0.2) is 0 Å². The van der Waals surface area contributed by atoms with Gasteiger partial charge in [-0.2, -0.15) is 0 Å². The Morgan fingerprint density at radius 1 is 1.25 bits per heavy atom. The summed E-state index contributed by atoms with van der Waals surface area (Å²) in [5, 5.41) is 2.75. The van der Waals surface area contributed by atoms with Crippen LogP contribution in [0.2, 0.25) is 0 Å². The number of carbonyl (C=O) groups is 2. The van der Waals surface area contributed by atoms with E-state index >= 15 is 0 Å². The van der Waals surface area contributed by atoms with Gasteiger partial charge in [-0.15, -0.1) is 0 Å². The SMILES string of the molecule is CCCC(=O)N[C@@H](C)C(=O)N1CCCCC1. The van der Waals surface area contributed by atoms with E-state index in [1.165, 1.54) is 6.42 Å². The molecule has 1 heterocycles. The molecule has 1 aliphatic heterocycles. The zero-order chi connectivity index (χ0) is 12.0. The lowest BCUT2D eigenvalue weighted by Gasteiger charge is -2.29. The summed E-state index contributed by atoms with van der Waals surface area (Å²) >= 11 is 0. The van der Waals surface area contributed by atoms with Gasteiger partial charge in [0.2, 0.25) is 11.8 Å². The normalized spacial score (nSPS) is 18.0. The predicted octanol–water partition coefficient (Wildman–Crippen LogP) is 1.30. The van der Waals surface area contributed by atoms with Crippen molar-refractivity contribution in [3.63, 3.8) is 0 Å². The van der Waals surface area contributed by atoms with Gasteiger partial charge in [0.1, 0.15) is 6.04 Å². The van der Waals surface area contributed by atoms with Crippen molar-refractivity contribution < 1.29 is 9.59 Å². The predicted molar refractivity (Wildman–Crippen MR) is 62.9 cm³/mol. The summed E-state index contributed by atoms with van der Waals surface area (Å²) in [6, 6.07) is -0.378. The van der Waals surface area contributed by atoms with Gasteiger partial charge in [0, 0.05) is 19.5 Å². The number of hydrogen-bond acceptors (Lipinski definition) is 2. The number of amides is 2. The number of piperidine rings is 1. The molecule has 1 fully saturated rings. The number of carbonyl (C=O) groups excluding carboxylic acids is 2. The monoisotopic (exact) mass is 226 g/mol. The summed E-state index contributed by atoms with van der Waals surface area (Å²) in [4.78, 5) is 25.2. The Hall–Kier alpha value is -1.06. The molecule has 0 aromatic rings. The Morgan fingerprint density at radius 3 is 2.44 bits per heavy atom. The van der Waals surface area contributed by atoms with Gasteiger partial charge in [-0.1, -0.05) is 6.92 Å². The molecule has 0 aromatic heterocycles. The van der Waals surface area contributed by atoms with Gasteiger partial charge in [-0.3, -0.25) is 9.59 Å². The van der Waals surface area contributed by atoms with Crippen LogP contribution in [0.5, 0.6) is 0 Å². The van der Waals surface area contributed by atoms with Crippen LogP contribution in [-0.4, -0.2) is 35.8 Å². The molecule has 1 N–H and O–H groups in total. The maximum Gasteiger partial charge on any atom is 0.244 e. The van der Waals surface area contributed by atoms with Crippen LogP contribution in [0.4, 0.5) is 0 Å². The lowest BCUT2D eigenvalue weighted by Crippen LogP contribution is -2.48. The largest absolute Gasteiger partial charge is 0.345 e. The van der Waals surface area contributed by atoms with E-state index in [1.54, 1.807) is 6.92 Å². The summed E-state index contributed by atoms with van der Waals surface area (Å²) in [6.45, 7) is 5.40. The maximum atomic E-state index is 11.9. The molecule has 2 amide bonds. The average Bonchev–Trinajstić information content (AvgIpc) is 2.29. The molecule has 1 rings (SSSR count). The zero-order valence-corrected chi connectivity index (χ0v) is 10.3. The van der Waals surface area contributed by atoms with Crippen molar-refractivity contribution in [2.45, 2.75) is 52.0 Å². The van der Waals surface area contributed by atoms with Gasteiger partial charge < -0.3 is 10.2 Å². The Morgan fingerprint density at radius 2 is 1.88 bits per heavy atom. The highest BCUT2D eigenvalue weighted by molar-refractivity contribution is 5.87. The molecule has 1 atom stereocenters. The minimum Gasteiger partial charge on any atom is -0.345 e. The first-order chi connectivity index (χ1) is 7.65. The van der Waals surface area contributed by atoms with Gasteiger partial charge in [0.15, 0.2) is 0 Å². The fourth-order valence-electron chi connectivity index (χ4n) is 1.99. The molecule has 92 valence electrons. The van der Waals surface area contributed by atoms with E-state index in [4.69, 9.17) is 0 Å². The van der Waals surface area contributed by atoms with E-state index in [-0.39, 0.29) is 17.9 Å². The van der Waals surface area contributed by atoms with Crippen LogP contribution >= 0.6 is 0 Å². The van der Waals surface area contributed by atoms with Crippen LogP contribution in [0, 0.1) is 0 Å². The third-order valence-corrected chi connectivity index (χ3v) is 2.89. The number of rotatable bonds is 4. The molecule has 0 aliphatic carbocycles. The molecule has 0 saturated carbocycles. The highest BCUT2D eigenvalue weighted by Gasteiger charge is 2.22. The molecule has 0 unspecified atom stereocenters. The molecular formula is C12H22N2O2. The number of likely N-dealkylation sites (tertiary alicyclic amines) is 1. The number of nitrogens with zero attached hydrogens (tertiary/aromatic N) is 1. The van der Waals surface area contributed by atoms with Crippen LogP contribution in [-0.2, 0) is 9.59 Å². The molecule has 1 saturated heterocycles. The topological polar surface area (TPSA) is 49.4 Å². The summed E-state index contributed by atoms with van der Waals surface area (Å²) in [5.74, 6) is 0.0320. The molecule has 4 nitrogen and oxygen atoms in total. The molecule has 4 heteroatoms. The van der Waals surface area contributed by atoms with E-state index in [9.17, 15) is 9.59 Å². The molecular weight excluding hydrogens is 204 g/mol. The van der Waals surface area contributed by atoms with Crippen LogP contribution in [0.25, 0.3) is 0 Å². The number of nitrogens with one attached hydrogen (secondary N) is 1. The van der Waals surface area contributed by atoms with E-state index < -0.39 is 0 Å². The summed E-state index contributed by atoms with van der Waals surface area (Å²) in [5.41, 5.74) is 0. The summed E-state index contributed by atoms with van der Waals surface area (Å²) in [7, 11) is 0. The molecule has 0 radical (unpaired) electrons.